The fourth-order valence-corrected chi connectivity index (χ4v) is 3.46. The lowest BCUT2D eigenvalue weighted by atomic mass is 10.1. The van der Waals surface area contributed by atoms with Gasteiger partial charge >= 0.3 is 12.1 Å². The van der Waals surface area contributed by atoms with Gasteiger partial charge in [-0.2, -0.15) is 5.10 Å². The number of hydrogen-bond donors (Lipinski definition) is 1. The average molecular weight is 429 g/mol. The van der Waals surface area contributed by atoms with Crippen molar-refractivity contribution < 1.29 is 19.1 Å². The molecule has 31 heavy (non-hydrogen) atoms. The lowest BCUT2D eigenvalue weighted by molar-refractivity contribution is 0.0210. The highest BCUT2D eigenvalue weighted by molar-refractivity contribution is 5.94. The molecule has 3 rings (SSSR count). The maximum Gasteiger partial charge on any atom is 0.410 e. The average Bonchev–Trinajstić information content (AvgIpc) is 3.10. The molecule has 1 amide bonds. The van der Waals surface area contributed by atoms with E-state index in [1.165, 1.54) is 0 Å². The van der Waals surface area contributed by atoms with Crippen LogP contribution in [0.1, 0.15) is 56.5 Å². The summed E-state index contributed by atoms with van der Waals surface area (Å²) in [6.07, 6.45) is 2.92. The van der Waals surface area contributed by atoms with Crippen LogP contribution in [-0.2, 0) is 16.0 Å². The van der Waals surface area contributed by atoms with Crippen LogP contribution in [0.25, 0.3) is 0 Å². The fourth-order valence-electron chi connectivity index (χ4n) is 3.46. The minimum absolute atomic E-state index is 0.104. The summed E-state index contributed by atoms with van der Waals surface area (Å²) in [5, 5.41) is 8.00. The molecule has 1 fully saturated rings. The van der Waals surface area contributed by atoms with Crippen molar-refractivity contribution in [3.63, 3.8) is 0 Å². The second-order valence-corrected chi connectivity index (χ2v) is 8.68. The van der Waals surface area contributed by atoms with Crippen LogP contribution in [0.4, 0.5) is 10.6 Å². The number of amides is 1. The number of carbonyl (C=O) groups is 2. The molecule has 0 unspecified atom stereocenters. The molecule has 1 aliphatic rings. The first-order valence-corrected chi connectivity index (χ1v) is 10.8. The van der Waals surface area contributed by atoms with Gasteiger partial charge in [0.2, 0.25) is 0 Å². The zero-order valence-electron chi connectivity index (χ0n) is 18.8. The van der Waals surface area contributed by atoms with Gasteiger partial charge in [-0.15, -0.1) is 0 Å². The van der Waals surface area contributed by atoms with Gasteiger partial charge in [0.1, 0.15) is 11.2 Å². The first kappa shape index (κ1) is 22.7. The van der Waals surface area contributed by atoms with E-state index < -0.39 is 11.6 Å². The van der Waals surface area contributed by atoms with Gasteiger partial charge in [-0.1, -0.05) is 30.3 Å². The molecule has 1 aromatic heterocycles. The van der Waals surface area contributed by atoms with Crippen LogP contribution >= 0.6 is 0 Å². The van der Waals surface area contributed by atoms with Gasteiger partial charge in [0.25, 0.3) is 0 Å². The molecule has 168 valence electrons. The summed E-state index contributed by atoms with van der Waals surface area (Å²) in [6, 6.07) is 10.1. The lowest BCUT2D eigenvalue weighted by Gasteiger charge is -2.33. The minimum Gasteiger partial charge on any atom is -0.462 e. The Hall–Kier alpha value is -3.03. The summed E-state index contributed by atoms with van der Waals surface area (Å²) in [7, 11) is 0. The standard InChI is InChI=1S/C23H32N4O4/c1-5-30-21(28)19-16-27(15-17-9-7-6-8-10-17)25-20(19)24-18-11-13-26(14-12-18)22(29)31-23(2,3)4/h6-10,16,18H,5,11-15H2,1-4H3,(H,24,25). The summed E-state index contributed by atoms with van der Waals surface area (Å²) < 4.78 is 12.4. The largest absolute Gasteiger partial charge is 0.462 e. The molecular formula is C23H32N4O4. The van der Waals surface area contributed by atoms with E-state index in [4.69, 9.17) is 9.47 Å². The second kappa shape index (κ2) is 9.85. The number of benzene rings is 1. The first-order chi connectivity index (χ1) is 14.7. The number of piperidine rings is 1. The Kier molecular flexibility index (Phi) is 7.20. The Morgan fingerprint density at radius 1 is 1.16 bits per heavy atom. The minimum atomic E-state index is -0.508. The molecule has 2 aromatic rings. The number of carbonyl (C=O) groups excluding carboxylic acids is 2. The summed E-state index contributed by atoms with van der Waals surface area (Å²) >= 11 is 0. The molecule has 0 radical (unpaired) electrons. The van der Waals surface area contributed by atoms with E-state index >= 15 is 0 Å². The van der Waals surface area contributed by atoms with E-state index in [1.807, 2.05) is 51.1 Å². The number of nitrogens with one attached hydrogen (secondary N) is 1. The normalized spacial score (nSPS) is 14.9. The molecule has 1 saturated heterocycles. The summed E-state index contributed by atoms with van der Waals surface area (Å²) in [6.45, 7) is 9.41. The van der Waals surface area contributed by atoms with Crippen LogP contribution in [0.3, 0.4) is 0 Å². The van der Waals surface area contributed by atoms with Crippen LogP contribution in [0.15, 0.2) is 36.5 Å². The van der Waals surface area contributed by atoms with Gasteiger partial charge in [-0.25, -0.2) is 9.59 Å². The number of hydrogen-bond acceptors (Lipinski definition) is 6. The highest BCUT2D eigenvalue weighted by Gasteiger charge is 2.28. The van der Waals surface area contributed by atoms with Crippen molar-refractivity contribution in [1.82, 2.24) is 14.7 Å². The van der Waals surface area contributed by atoms with Crippen molar-refractivity contribution in [3.8, 4) is 0 Å². The van der Waals surface area contributed by atoms with Gasteiger partial charge in [0.05, 0.1) is 13.2 Å². The van der Waals surface area contributed by atoms with E-state index in [1.54, 1.807) is 22.7 Å². The first-order valence-electron chi connectivity index (χ1n) is 10.8. The zero-order chi connectivity index (χ0) is 22.4. The van der Waals surface area contributed by atoms with Crippen molar-refractivity contribution in [1.29, 1.82) is 0 Å². The van der Waals surface area contributed by atoms with E-state index in [9.17, 15) is 9.59 Å². The Labute approximate surface area is 183 Å². The van der Waals surface area contributed by atoms with E-state index in [-0.39, 0.29) is 12.1 Å². The predicted molar refractivity (Wildman–Crippen MR) is 118 cm³/mol. The predicted octanol–water partition coefficient (Wildman–Crippen LogP) is 3.92. The molecular weight excluding hydrogens is 396 g/mol. The van der Waals surface area contributed by atoms with Crippen LogP contribution in [0.2, 0.25) is 0 Å². The SMILES string of the molecule is CCOC(=O)c1cn(Cc2ccccc2)nc1NC1CCN(C(=O)OC(C)(C)C)CC1. The number of rotatable bonds is 6. The Morgan fingerprint density at radius 3 is 2.45 bits per heavy atom. The van der Waals surface area contributed by atoms with Gasteiger partial charge in [0, 0.05) is 25.3 Å². The van der Waals surface area contributed by atoms with Gasteiger partial charge in [0.15, 0.2) is 5.82 Å². The van der Waals surface area contributed by atoms with Gasteiger partial charge in [-0.3, -0.25) is 4.68 Å². The molecule has 8 heteroatoms. The number of nitrogens with zero attached hydrogens (tertiary/aromatic N) is 3. The molecule has 1 aliphatic heterocycles. The summed E-state index contributed by atoms with van der Waals surface area (Å²) in [4.78, 5) is 26.5. The smallest absolute Gasteiger partial charge is 0.410 e. The quantitative estimate of drug-likeness (QED) is 0.702. The highest BCUT2D eigenvalue weighted by Crippen LogP contribution is 2.22. The molecule has 0 saturated carbocycles. The van der Waals surface area contributed by atoms with Crippen molar-refractivity contribution in [2.45, 2.75) is 58.7 Å². The van der Waals surface area contributed by atoms with Gasteiger partial charge in [-0.05, 0) is 46.1 Å². The van der Waals surface area contributed by atoms with E-state index in [0.29, 0.717) is 37.6 Å². The second-order valence-electron chi connectivity index (χ2n) is 8.68. The molecule has 1 aromatic carbocycles. The lowest BCUT2D eigenvalue weighted by Crippen LogP contribution is -2.44. The molecule has 0 bridgehead atoms. The van der Waals surface area contributed by atoms with Crippen LogP contribution in [-0.4, -0.2) is 58.1 Å². The molecule has 0 atom stereocenters. The zero-order valence-corrected chi connectivity index (χ0v) is 18.8. The van der Waals surface area contributed by atoms with E-state index in [2.05, 4.69) is 10.4 Å². The van der Waals surface area contributed by atoms with Crippen molar-refractivity contribution in [2.24, 2.45) is 0 Å². The Bertz CT molecular complexity index is 881. The van der Waals surface area contributed by atoms with Crippen LogP contribution in [0, 0.1) is 0 Å². The van der Waals surface area contributed by atoms with Crippen molar-refractivity contribution >= 4 is 17.9 Å². The summed E-state index contributed by atoms with van der Waals surface area (Å²) in [5.74, 6) is 0.126. The maximum atomic E-state index is 12.5. The number of esters is 1. The van der Waals surface area contributed by atoms with Crippen molar-refractivity contribution in [2.75, 3.05) is 25.0 Å². The third-order valence-corrected chi connectivity index (χ3v) is 4.93. The number of aromatic nitrogens is 2. The van der Waals surface area contributed by atoms with E-state index in [0.717, 1.165) is 18.4 Å². The number of anilines is 1. The van der Waals surface area contributed by atoms with Crippen LogP contribution in [0.5, 0.6) is 0 Å². The molecule has 0 spiro atoms. The highest BCUT2D eigenvalue weighted by atomic mass is 16.6. The third-order valence-electron chi connectivity index (χ3n) is 4.93. The topological polar surface area (TPSA) is 85.7 Å². The molecule has 0 aliphatic carbocycles. The molecule has 2 heterocycles. The number of ether oxygens (including phenoxy) is 2. The Morgan fingerprint density at radius 2 is 1.84 bits per heavy atom. The molecule has 8 nitrogen and oxygen atoms in total. The third kappa shape index (κ3) is 6.47. The number of likely N-dealkylation sites (tertiary alicyclic amines) is 1. The van der Waals surface area contributed by atoms with Crippen molar-refractivity contribution in [3.05, 3.63) is 47.7 Å². The maximum absolute atomic E-state index is 12.5. The summed E-state index contributed by atoms with van der Waals surface area (Å²) in [5.41, 5.74) is 1.01. The molecule has 1 N–H and O–H groups in total. The Balaban J connectivity index is 1.66. The monoisotopic (exact) mass is 428 g/mol. The fraction of sp³-hybridized carbons (Fsp3) is 0.522. The van der Waals surface area contributed by atoms with Gasteiger partial charge < -0.3 is 19.7 Å². The van der Waals surface area contributed by atoms with Crippen LogP contribution < -0.4 is 5.32 Å².